The van der Waals surface area contributed by atoms with Crippen molar-refractivity contribution in [1.82, 2.24) is 0 Å². The molecule has 3 rings (SSSR count). The predicted molar refractivity (Wildman–Crippen MR) is 95.4 cm³/mol. The number of nitrogens with one attached hydrogen (secondary N) is 1. The Hall–Kier alpha value is -1.81. The fourth-order valence-corrected chi connectivity index (χ4v) is 3.99. The largest absolute Gasteiger partial charge is 0.385 e. The van der Waals surface area contributed by atoms with Crippen LogP contribution in [0.4, 0.5) is 5.69 Å². The minimum Gasteiger partial charge on any atom is -0.385 e. The maximum atomic E-state index is 11.5. The van der Waals surface area contributed by atoms with Crippen molar-refractivity contribution in [2.45, 2.75) is 24.5 Å². The molecule has 0 amide bonds. The number of rotatable bonds is 7. The highest BCUT2D eigenvalue weighted by Crippen LogP contribution is 2.49. The molecule has 2 aromatic carbocycles. The van der Waals surface area contributed by atoms with Gasteiger partial charge in [0.2, 0.25) is 0 Å². The molecule has 0 unspecified atom stereocenters. The van der Waals surface area contributed by atoms with Crippen molar-refractivity contribution in [2.24, 2.45) is 5.92 Å². The number of para-hydroxylation sites is 1. The Kier molecular flexibility index (Phi) is 4.71. The topological polar surface area (TPSA) is 46.2 Å². The SMILES string of the molecule is CS(=O)(=O)Cc1ccccc1NCC[C@@H]1C[C@H]1c1ccccc1. The first-order valence-electron chi connectivity index (χ1n) is 8.07. The van der Waals surface area contributed by atoms with Gasteiger partial charge in [0.1, 0.15) is 0 Å². The molecule has 2 aromatic rings. The summed E-state index contributed by atoms with van der Waals surface area (Å²) >= 11 is 0. The average Bonchev–Trinajstić information content (AvgIpc) is 3.28. The number of hydrogen-bond donors (Lipinski definition) is 1. The third-order valence-electron chi connectivity index (χ3n) is 4.42. The van der Waals surface area contributed by atoms with Crippen LogP contribution in [-0.2, 0) is 15.6 Å². The molecular weight excluding hydrogens is 306 g/mol. The molecule has 1 N–H and O–H groups in total. The fourth-order valence-electron chi connectivity index (χ4n) is 3.17. The summed E-state index contributed by atoms with van der Waals surface area (Å²) in [4.78, 5) is 0. The average molecular weight is 329 g/mol. The van der Waals surface area contributed by atoms with E-state index in [1.165, 1.54) is 18.2 Å². The summed E-state index contributed by atoms with van der Waals surface area (Å²) in [6.45, 7) is 0.884. The molecule has 1 fully saturated rings. The van der Waals surface area contributed by atoms with E-state index in [2.05, 4.69) is 35.6 Å². The first kappa shape index (κ1) is 16.1. The molecule has 122 valence electrons. The van der Waals surface area contributed by atoms with Gasteiger partial charge in [0.25, 0.3) is 0 Å². The van der Waals surface area contributed by atoms with Gasteiger partial charge in [0, 0.05) is 18.5 Å². The second-order valence-electron chi connectivity index (χ2n) is 6.46. The second-order valence-corrected chi connectivity index (χ2v) is 8.60. The Morgan fingerprint density at radius 1 is 1.04 bits per heavy atom. The molecule has 3 nitrogen and oxygen atoms in total. The van der Waals surface area contributed by atoms with E-state index in [-0.39, 0.29) is 5.75 Å². The number of hydrogen-bond acceptors (Lipinski definition) is 3. The van der Waals surface area contributed by atoms with E-state index in [0.29, 0.717) is 5.92 Å². The molecule has 1 saturated carbocycles. The summed E-state index contributed by atoms with van der Waals surface area (Å²) in [5.74, 6) is 1.53. The van der Waals surface area contributed by atoms with Gasteiger partial charge in [-0.05, 0) is 41.9 Å². The van der Waals surface area contributed by atoms with Gasteiger partial charge in [-0.2, -0.15) is 0 Å². The summed E-state index contributed by atoms with van der Waals surface area (Å²) in [5.41, 5.74) is 3.23. The van der Waals surface area contributed by atoms with E-state index in [4.69, 9.17) is 0 Å². The van der Waals surface area contributed by atoms with Crippen molar-refractivity contribution < 1.29 is 8.42 Å². The van der Waals surface area contributed by atoms with Crippen LogP contribution in [0.2, 0.25) is 0 Å². The van der Waals surface area contributed by atoms with Gasteiger partial charge in [0.05, 0.1) is 5.75 Å². The molecular formula is C19H23NO2S. The van der Waals surface area contributed by atoms with Crippen LogP contribution in [0.25, 0.3) is 0 Å². The lowest BCUT2D eigenvalue weighted by Crippen LogP contribution is -2.08. The summed E-state index contributed by atoms with van der Waals surface area (Å²) < 4.78 is 23.0. The highest BCUT2D eigenvalue weighted by atomic mass is 32.2. The van der Waals surface area contributed by atoms with Crippen molar-refractivity contribution in [3.8, 4) is 0 Å². The molecule has 0 aromatic heterocycles. The van der Waals surface area contributed by atoms with E-state index < -0.39 is 9.84 Å². The first-order valence-corrected chi connectivity index (χ1v) is 10.1. The summed E-state index contributed by atoms with van der Waals surface area (Å²) in [7, 11) is -3.01. The van der Waals surface area contributed by atoms with Crippen molar-refractivity contribution in [3.63, 3.8) is 0 Å². The molecule has 1 aliphatic carbocycles. The van der Waals surface area contributed by atoms with Crippen LogP contribution in [0.15, 0.2) is 54.6 Å². The van der Waals surface area contributed by atoms with Gasteiger partial charge in [-0.3, -0.25) is 0 Å². The molecule has 0 saturated heterocycles. The Labute approximate surface area is 138 Å². The van der Waals surface area contributed by atoms with Gasteiger partial charge < -0.3 is 5.32 Å². The predicted octanol–water partition coefficient (Wildman–Crippen LogP) is 3.84. The van der Waals surface area contributed by atoms with Crippen LogP contribution in [-0.4, -0.2) is 21.2 Å². The van der Waals surface area contributed by atoms with E-state index in [1.807, 2.05) is 24.3 Å². The van der Waals surface area contributed by atoms with Crippen LogP contribution in [0.1, 0.15) is 29.9 Å². The molecule has 1 aliphatic rings. The molecule has 0 aliphatic heterocycles. The summed E-state index contributed by atoms with van der Waals surface area (Å²) in [5, 5.41) is 3.41. The molecule has 0 bridgehead atoms. The molecule has 0 spiro atoms. The minimum absolute atomic E-state index is 0.0895. The molecule has 2 atom stereocenters. The second kappa shape index (κ2) is 6.75. The maximum absolute atomic E-state index is 11.5. The maximum Gasteiger partial charge on any atom is 0.151 e. The first-order chi connectivity index (χ1) is 11.0. The summed E-state index contributed by atoms with van der Waals surface area (Å²) in [6, 6.07) is 18.3. The standard InChI is InChI=1S/C19H23NO2S/c1-23(21,22)14-17-9-5-6-10-19(17)20-12-11-16-13-18(16)15-7-3-2-4-8-15/h2-10,16,18,20H,11-14H2,1H3/t16-,18+/m1/s1. The Bertz CT molecular complexity index is 756. The normalized spacial score (nSPS) is 20.2. The lowest BCUT2D eigenvalue weighted by Gasteiger charge is -2.11. The monoisotopic (exact) mass is 329 g/mol. The highest BCUT2D eigenvalue weighted by Gasteiger charge is 2.37. The Morgan fingerprint density at radius 2 is 1.74 bits per heavy atom. The van der Waals surface area contributed by atoms with Gasteiger partial charge >= 0.3 is 0 Å². The number of sulfone groups is 1. The third-order valence-corrected chi connectivity index (χ3v) is 5.25. The lowest BCUT2D eigenvalue weighted by atomic mass is 10.1. The zero-order valence-corrected chi connectivity index (χ0v) is 14.2. The van der Waals surface area contributed by atoms with E-state index in [0.717, 1.165) is 30.1 Å². The van der Waals surface area contributed by atoms with Crippen LogP contribution in [0.3, 0.4) is 0 Å². The molecule has 0 radical (unpaired) electrons. The zero-order chi connectivity index (χ0) is 16.3. The van der Waals surface area contributed by atoms with Crippen molar-refractivity contribution >= 4 is 15.5 Å². The quantitative estimate of drug-likeness (QED) is 0.839. The highest BCUT2D eigenvalue weighted by molar-refractivity contribution is 7.89. The van der Waals surface area contributed by atoms with Gasteiger partial charge in [0.15, 0.2) is 9.84 Å². The Balaban J connectivity index is 1.52. The lowest BCUT2D eigenvalue weighted by molar-refractivity contribution is 0.601. The van der Waals surface area contributed by atoms with Crippen LogP contribution in [0, 0.1) is 5.92 Å². The van der Waals surface area contributed by atoms with Gasteiger partial charge in [-0.1, -0.05) is 48.5 Å². The zero-order valence-electron chi connectivity index (χ0n) is 13.4. The molecule has 0 heterocycles. The van der Waals surface area contributed by atoms with E-state index in [9.17, 15) is 8.42 Å². The van der Waals surface area contributed by atoms with Crippen LogP contribution in [0.5, 0.6) is 0 Å². The van der Waals surface area contributed by atoms with Gasteiger partial charge in [-0.15, -0.1) is 0 Å². The van der Waals surface area contributed by atoms with Crippen molar-refractivity contribution in [2.75, 3.05) is 18.1 Å². The Morgan fingerprint density at radius 3 is 2.48 bits per heavy atom. The minimum atomic E-state index is -3.01. The summed E-state index contributed by atoms with van der Waals surface area (Å²) in [6.07, 6.45) is 3.65. The number of anilines is 1. The van der Waals surface area contributed by atoms with Crippen LogP contribution >= 0.6 is 0 Å². The van der Waals surface area contributed by atoms with Crippen molar-refractivity contribution in [1.29, 1.82) is 0 Å². The third kappa shape index (κ3) is 4.58. The van der Waals surface area contributed by atoms with Gasteiger partial charge in [-0.25, -0.2) is 8.42 Å². The number of benzene rings is 2. The molecule has 23 heavy (non-hydrogen) atoms. The smallest absolute Gasteiger partial charge is 0.151 e. The van der Waals surface area contributed by atoms with E-state index in [1.54, 1.807) is 0 Å². The van der Waals surface area contributed by atoms with Crippen molar-refractivity contribution in [3.05, 3.63) is 65.7 Å². The van der Waals surface area contributed by atoms with Crippen LogP contribution < -0.4 is 5.32 Å². The fraction of sp³-hybridized carbons (Fsp3) is 0.368. The van der Waals surface area contributed by atoms with E-state index >= 15 is 0 Å². The molecule has 4 heteroatoms.